The summed E-state index contributed by atoms with van der Waals surface area (Å²) in [6, 6.07) is 9.17. The van der Waals surface area contributed by atoms with Crippen LogP contribution in [0.5, 0.6) is 5.75 Å². The van der Waals surface area contributed by atoms with Gasteiger partial charge in [0.1, 0.15) is 5.75 Å². The van der Waals surface area contributed by atoms with Crippen molar-refractivity contribution in [3.05, 3.63) is 29.8 Å². The monoisotopic (exact) mass is 293 g/mol. The van der Waals surface area contributed by atoms with E-state index >= 15 is 0 Å². The summed E-state index contributed by atoms with van der Waals surface area (Å²) in [5.74, 6) is 2.21. The normalized spacial score (nSPS) is 22.4. The molecule has 0 heterocycles. The van der Waals surface area contributed by atoms with E-state index in [1.54, 1.807) is 0 Å². The fourth-order valence-corrected chi connectivity index (χ4v) is 3.88. The van der Waals surface area contributed by atoms with Gasteiger partial charge in [0.05, 0.1) is 6.10 Å². The topological polar surface area (TPSA) is 21.3 Å². The van der Waals surface area contributed by atoms with Crippen LogP contribution in [0.15, 0.2) is 24.3 Å². The third-order valence-corrected chi connectivity index (χ3v) is 4.91. The molecule has 0 saturated heterocycles. The molecule has 0 amide bonds. The van der Waals surface area contributed by atoms with Crippen molar-refractivity contribution < 1.29 is 4.74 Å². The van der Waals surface area contributed by atoms with Crippen LogP contribution in [0.3, 0.4) is 0 Å². The van der Waals surface area contributed by atoms with Crippen molar-refractivity contribution in [2.75, 3.05) is 5.75 Å². The molecule has 2 nitrogen and oxygen atoms in total. The molecule has 1 aromatic carbocycles. The van der Waals surface area contributed by atoms with Gasteiger partial charge in [0.2, 0.25) is 0 Å². The first-order valence-electron chi connectivity index (χ1n) is 7.78. The lowest BCUT2D eigenvalue weighted by molar-refractivity contribution is 0.242. The van der Waals surface area contributed by atoms with Crippen LogP contribution in [-0.2, 0) is 6.54 Å². The number of thioether (sulfide) groups is 1. The molecule has 112 valence electrons. The molecule has 1 aliphatic rings. The molecule has 2 unspecified atom stereocenters. The van der Waals surface area contributed by atoms with Crippen LogP contribution in [0.2, 0.25) is 0 Å². The lowest BCUT2D eigenvalue weighted by Crippen LogP contribution is -2.26. The zero-order valence-corrected chi connectivity index (χ0v) is 13.7. The number of benzene rings is 1. The minimum Gasteiger partial charge on any atom is -0.491 e. The van der Waals surface area contributed by atoms with Crippen LogP contribution >= 0.6 is 11.8 Å². The van der Waals surface area contributed by atoms with Crippen LogP contribution in [0.4, 0.5) is 0 Å². The molecule has 1 aliphatic carbocycles. The predicted molar refractivity (Wildman–Crippen MR) is 88.6 cm³/mol. The maximum atomic E-state index is 5.66. The summed E-state index contributed by atoms with van der Waals surface area (Å²) < 4.78 is 5.66. The Morgan fingerprint density at radius 1 is 1.25 bits per heavy atom. The van der Waals surface area contributed by atoms with Crippen molar-refractivity contribution in [3.8, 4) is 5.75 Å². The Morgan fingerprint density at radius 3 is 2.65 bits per heavy atom. The van der Waals surface area contributed by atoms with Gasteiger partial charge < -0.3 is 10.1 Å². The Balaban J connectivity index is 1.74. The smallest absolute Gasteiger partial charge is 0.119 e. The van der Waals surface area contributed by atoms with Crippen molar-refractivity contribution in [1.29, 1.82) is 0 Å². The number of hydrogen-bond acceptors (Lipinski definition) is 3. The number of hydrogen-bond donors (Lipinski definition) is 1. The summed E-state index contributed by atoms with van der Waals surface area (Å²) in [7, 11) is 0. The minimum absolute atomic E-state index is 0.241. The molecule has 20 heavy (non-hydrogen) atoms. The van der Waals surface area contributed by atoms with Crippen molar-refractivity contribution in [3.63, 3.8) is 0 Å². The summed E-state index contributed by atoms with van der Waals surface area (Å²) in [6.07, 6.45) is 4.27. The zero-order valence-electron chi connectivity index (χ0n) is 12.9. The van der Waals surface area contributed by atoms with Gasteiger partial charge in [-0.15, -0.1) is 0 Å². The first-order valence-corrected chi connectivity index (χ1v) is 8.82. The maximum Gasteiger partial charge on any atom is 0.119 e. The van der Waals surface area contributed by atoms with Gasteiger partial charge in [-0.25, -0.2) is 0 Å². The predicted octanol–water partition coefficient (Wildman–Crippen LogP) is 4.24. The standard InChI is InChI=1S/C17H27NOS/c1-4-20-17-10-7-15(11-17)18-12-14-5-8-16(9-6-14)19-13(2)3/h5-6,8-9,13,15,17-18H,4,7,10-12H2,1-3H3. The van der Waals surface area contributed by atoms with E-state index in [1.165, 1.54) is 30.6 Å². The molecule has 0 radical (unpaired) electrons. The molecule has 1 saturated carbocycles. The van der Waals surface area contributed by atoms with Crippen LogP contribution in [0.1, 0.15) is 45.6 Å². The summed E-state index contributed by atoms with van der Waals surface area (Å²) >= 11 is 2.12. The largest absolute Gasteiger partial charge is 0.491 e. The van der Waals surface area contributed by atoms with Gasteiger partial charge in [-0.1, -0.05) is 19.1 Å². The quantitative estimate of drug-likeness (QED) is 0.812. The molecule has 2 atom stereocenters. The Labute approximate surface area is 127 Å². The Hall–Kier alpha value is -0.670. The van der Waals surface area contributed by atoms with Crippen LogP contribution in [-0.4, -0.2) is 23.1 Å². The first kappa shape index (κ1) is 15.7. The van der Waals surface area contributed by atoms with E-state index in [0.717, 1.165) is 17.5 Å². The average molecular weight is 293 g/mol. The van der Waals surface area contributed by atoms with Crippen molar-refractivity contribution in [1.82, 2.24) is 5.32 Å². The molecule has 2 rings (SSSR count). The van der Waals surface area contributed by atoms with E-state index in [2.05, 4.69) is 62.1 Å². The summed E-state index contributed by atoms with van der Waals surface area (Å²) in [6.45, 7) is 7.34. The van der Waals surface area contributed by atoms with Gasteiger partial charge in [0.25, 0.3) is 0 Å². The van der Waals surface area contributed by atoms with Gasteiger partial charge in [0, 0.05) is 17.8 Å². The van der Waals surface area contributed by atoms with Crippen molar-refractivity contribution >= 4 is 11.8 Å². The molecular formula is C17H27NOS. The highest BCUT2D eigenvalue weighted by Crippen LogP contribution is 2.29. The van der Waals surface area contributed by atoms with Crippen LogP contribution in [0, 0.1) is 0 Å². The SMILES string of the molecule is CCSC1CCC(NCc2ccc(OC(C)C)cc2)C1. The highest BCUT2D eigenvalue weighted by Gasteiger charge is 2.23. The molecular weight excluding hydrogens is 266 g/mol. The Bertz CT molecular complexity index is 390. The molecule has 1 aromatic rings. The number of rotatable bonds is 7. The zero-order chi connectivity index (χ0) is 14.4. The molecule has 1 N–H and O–H groups in total. The van der Waals surface area contributed by atoms with Gasteiger partial charge in [-0.3, -0.25) is 0 Å². The van der Waals surface area contributed by atoms with Gasteiger partial charge in [-0.2, -0.15) is 11.8 Å². The first-order chi connectivity index (χ1) is 9.67. The molecule has 0 aliphatic heterocycles. The van der Waals surface area contributed by atoms with E-state index in [1.807, 2.05) is 0 Å². The molecule has 3 heteroatoms. The third kappa shape index (κ3) is 5.02. The second-order valence-electron chi connectivity index (χ2n) is 5.78. The molecule has 0 spiro atoms. The van der Waals surface area contributed by atoms with Gasteiger partial charge in [-0.05, 0) is 56.6 Å². The van der Waals surface area contributed by atoms with Gasteiger partial charge in [0.15, 0.2) is 0 Å². The lowest BCUT2D eigenvalue weighted by atomic mass is 10.2. The Morgan fingerprint density at radius 2 is 2.00 bits per heavy atom. The highest BCUT2D eigenvalue weighted by atomic mass is 32.2. The van der Waals surface area contributed by atoms with E-state index < -0.39 is 0 Å². The lowest BCUT2D eigenvalue weighted by Gasteiger charge is -2.14. The summed E-state index contributed by atoms with van der Waals surface area (Å²) in [4.78, 5) is 0. The fourth-order valence-electron chi connectivity index (χ4n) is 2.73. The molecule has 1 fully saturated rings. The number of ether oxygens (including phenoxy) is 1. The van der Waals surface area contributed by atoms with E-state index in [-0.39, 0.29) is 6.10 Å². The van der Waals surface area contributed by atoms with Crippen molar-refractivity contribution in [2.24, 2.45) is 0 Å². The Kier molecular flexibility index (Phi) is 6.24. The average Bonchev–Trinajstić information content (AvgIpc) is 2.86. The molecule has 0 aromatic heterocycles. The fraction of sp³-hybridized carbons (Fsp3) is 0.647. The van der Waals surface area contributed by atoms with Gasteiger partial charge >= 0.3 is 0 Å². The van der Waals surface area contributed by atoms with E-state index in [4.69, 9.17) is 4.74 Å². The number of nitrogens with one attached hydrogen (secondary N) is 1. The van der Waals surface area contributed by atoms with E-state index in [0.29, 0.717) is 6.04 Å². The van der Waals surface area contributed by atoms with Crippen LogP contribution < -0.4 is 10.1 Å². The second kappa shape index (κ2) is 7.94. The maximum absolute atomic E-state index is 5.66. The highest BCUT2D eigenvalue weighted by molar-refractivity contribution is 7.99. The summed E-state index contributed by atoms with van der Waals surface area (Å²) in [5, 5.41) is 4.57. The van der Waals surface area contributed by atoms with Crippen molar-refractivity contribution in [2.45, 2.75) is 64.0 Å². The van der Waals surface area contributed by atoms with Crippen LogP contribution in [0.25, 0.3) is 0 Å². The van der Waals surface area contributed by atoms with E-state index in [9.17, 15) is 0 Å². The second-order valence-corrected chi connectivity index (χ2v) is 7.36. The molecule has 0 bridgehead atoms. The summed E-state index contributed by atoms with van der Waals surface area (Å²) in [5.41, 5.74) is 1.34. The minimum atomic E-state index is 0.241. The third-order valence-electron chi connectivity index (χ3n) is 3.68.